The standard InChI is InChI=1S/C31H51N2/c1-3-5-6-7-8-9-10-11-12-13-14-15-16-17-21-24-29(27-28-22-19-18-20-23-28)30(4-2)31-32-25-26-33-31/h18-20,22-23,25-26,29-30H,3-17,21,24,27H2,1-2H3/q+1. The highest BCUT2D eigenvalue weighted by molar-refractivity contribution is 6.18. The minimum atomic E-state index is 0.479. The zero-order chi connectivity index (χ0) is 23.4. The van der Waals surface area contributed by atoms with E-state index < -0.39 is 0 Å². The first-order valence-corrected chi connectivity index (χ1v) is 14.3. The summed E-state index contributed by atoms with van der Waals surface area (Å²) in [6.07, 6.45) is 29.7. The van der Waals surface area contributed by atoms with Crippen molar-refractivity contribution in [3.8, 4) is 0 Å². The molecule has 184 valence electrons. The van der Waals surface area contributed by atoms with Gasteiger partial charge < -0.3 is 0 Å². The summed E-state index contributed by atoms with van der Waals surface area (Å²) in [6, 6.07) is 11.0. The number of hydrogen-bond donors (Lipinski definition) is 0. The third kappa shape index (κ3) is 12.5. The summed E-state index contributed by atoms with van der Waals surface area (Å²) >= 11 is 0. The van der Waals surface area contributed by atoms with E-state index in [1.165, 1.54) is 108 Å². The van der Waals surface area contributed by atoms with E-state index in [0.717, 1.165) is 19.0 Å². The lowest BCUT2D eigenvalue weighted by Crippen LogP contribution is -2.21. The molecule has 0 fully saturated rings. The maximum absolute atomic E-state index is 4.56. The quantitative estimate of drug-likeness (QED) is 0.131. The van der Waals surface area contributed by atoms with Crippen molar-refractivity contribution in [2.75, 3.05) is 0 Å². The normalized spacial score (nSPS) is 14.8. The minimum absolute atomic E-state index is 0.479. The Balaban J connectivity index is 1.55. The van der Waals surface area contributed by atoms with Crippen molar-refractivity contribution >= 4 is 12.4 Å². The monoisotopic (exact) mass is 451 g/mol. The molecule has 0 spiro atoms. The Labute approximate surface area is 205 Å². The molecule has 1 aromatic rings. The van der Waals surface area contributed by atoms with E-state index in [-0.39, 0.29) is 0 Å². The molecule has 0 saturated heterocycles. The zero-order valence-corrected chi connectivity index (χ0v) is 21.8. The Kier molecular flexibility index (Phi) is 15.8. The van der Waals surface area contributed by atoms with Gasteiger partial charge in [0.05, 0.1) is 5.92 Å². The lowest BCUT2D eigenvalue weighted by atomic mass is 9.80. The Morgan fingerprint density at radius 2 is 1.12 bits per heavy atom. The van der Waals surface area contributed by atoms with E-state index in [1.807, 2.05) is 12.4 Å². The van der Waals surface area contributed by atoms with Crippen LogP contribution >= 0.6 is 0 Å². The van der Waals surface area contributed by atoms with Crippen molar-refractivity contribution in [2.24, 2.45) is 21.8 Å². The first kappa shape index (κ1) is 27.7. The summed E-state index contributed by atoms with van der Waals surface area (Å²) in [5.41, 5.74) is 1.45. The lowest BCUT2D eigenvalue weighted by molar-refractivity contribution is 0.300. The maximum Gasteiger partial charge on any atom is 0.244 e. The van der Waals surface area contributed by atoms with E-state index in [9.17, 15) is 0 Å². The third-order valence-electron chi connectivity index (χ3n) is 7.34. The molecular formula is C31H51N2+. The van der Waals surface area contributed by atoms with Crippen LogP contribution < -0.4 is 0 Å². The van der Waals surface area contributed by atoms with Crippen LogP contribution in [-0.2, 0) is 6.42 Å². The highest BCUT2D eigenvalue weighted by Gasteiger charge is 2.34. The molecule has 1 aliphatic heterocycles. The van der Waals surface area contributed by atoms with Crippen LogP contribution in [0.1, 0.15) is 129 Å². The maximum atomic E-state index is 4.56. The molecule has 33 heavy (non-hydrogen) atoms. The van der Waals surface area contributed by atoms with Gasteiger partial charge >= 0.3 is 0 Å². The van der Waals surface area contributed by atoms with Gasteiger partial charge in [-0.3, -0.25) is 0 Å². The van der Waals surface area contributed by atoms with Gasteiger partial charge in [-0.15, -0.1) is 0 Å². The van der Waals surface area contributed by atoms with Crippen LogP contribution in [-0.4, -0.2) is 12.4 Å². The van der Waals surface area contributed by atoms with E-state index in [1.54, 1.807) is 0 Å². The average molecular weight is 452 g/mol. The summed E-state index contributed by atoms with van der Waals surface area (Å²) < 4.78 is 0. The van der Waals surface area contributed by atoms with Crippen molar-refractivity contribution in [1.82, 2.24) is 0 Å². The molecule has 2 atom stereocenters. The Hall–Kier alpha value is -1.57. The fraction of sp³-hybridized carbons (Fsp3) is 0.710. The SMILES string of the molecule is CCCCCCCCCCCCCCCCCC(Cc1ccccc1)C(CC)[C+]1N=CC=N1. The molecule has 0 N–H and O–H groups in total. The van der Waals surface area contributed by atoms with Gasteiger partial charge in [0.25, 0.3) is 0 Å². The molecule has 1 aliphatic rings. The first-order valence-electron chi connectivity index (χ1n) is 14.3. The summed E-state index contributed by atoms with van der Waals surface area (Å²) in [5.74, 6) is 1.12. The van der Waals surface area contributed by atoms with Crippen molar-refractivity contribution in [1.29, 1.82) is 0 Å². The molecule has 2 nitrogen and oxygen atoms in total. The molecule has 2 unspecified atom stereocenters. The summed E-state index contributed by atoms with van der Waals surface area (Å²) in [5, 5.41) is 0. The van der Waals surface area contributed by atoms with Gasteiger partial charge in [0.2, 0.25) is 6.17 Å². The number of aliphatic imine (C=N–C) groups is 2. The number of rotatable bonds is 21. The second-order valence-corrected chi connectivity index (χ2v) is 10.1. The van der Waals surface area contributed by atoms with Gasteiger partial charge in [-0.2, -0.15) is 0 Å². The third-order valence-corrected chi connectivity index (χ3v) is 7.34. The van der Waals surface area contributed by atoms with Crippen LogP contribution in [0.25, 0.3) is 0 Å². The largest absolute Gasteiger partial charge is 0.244 e. The second-order valence-electron chi connectivity index (χ2n) is 10.1. The summed E-state index contributed by atoms with van der Waals surface area (Å²) in [6.45, 7) is 4.59. The van der Waals surface area contributed by atoms with Crippen LogP contribution in [0.4, 0.5) is 0 Å². The Morgan fingerprint density at radius 1 is 0.636 bits per heavy atom. The van der Waals surface area contributed by atoms with Crippen LogP contribution in [0.3, 0.4) is 0 Å². The Bertz CT molecular complexity index is 609. The van der Waals surface area contributed by atoms with Crippen LogP contribution in [0.5, 0.6) is 0 Å². The number of nitrogens with zero attached hydrogens (tertiary/aromatic N) is 2. The molecule has 0 radical (unpaired) electrons. The average Bonchev–Trinajstić information content (AvgIpc) is 3.37. The van der Waals surface area contributed by atoms with E-state index in [2.05, 4.69) is 54.2 Å². The molecule has 0 saturated carbocycles. The fourth-order valence-corrected chi connectivity index (χ4v) is 5.31. The van der Waals surface area contributed by atoms with E-state index in [0.29, 0.717) is 11.8 Å². The van der Waals surface area contributed by atoms with Crippen LogP contribution in [0, 0.1) is 18.0 Å². The highest BCUT2D eigenvalue weighted by Crippen LogP contribution is 2.35. The van der Waals surface area contributed by atoms with E-state index >= 15 is 0 Å². The van der Waals surface area contributed by atoms with Crippen LogP contribution in [0.2, 0.25) is 0 Å². The molecule has 2 heteroatoms. The predicted octanol–water partition coefficient (Wildman–Crippen LogP) is 9.78. The van der Waals surface area contributed by atoms with Gasteiger partial charge in [0.15, 0.2) is 12.4 Å². The summed E-state index contributed by atoms with van der Waals surface area (Å²) in [4.78, 5) is 9.12. The number of hydrogen-bond acceptors (Lipinski definition) is 2. The smallest absolute Gasteiger partial charge is 0.0965 e. The molecule has 0 amide bonds. The van der Waals surface area contributed by atoms with E-state index in [4.69, 9.17) is 0 Å². The lowest BCUT2D eigenvalue weighted by Gasteiger charge is -2.24. The van der Waals surface area contributed by atoms with Gasteiger partial charge in [-0.05, 0) is 30.7 Å². The molecular weight excluding hydrogens is 400 g/mol. The fourth-order valence-electron chi connectivity index (χ4n) is 5.31. The van der Waals surface area contributed by atoms with Crippen molar-refractivity contribution < 1.29 is 0 Å². The molecule has 2 rings (SSSR count). The van der Waals surface area contributed by atoms with Crippen molar-refractivity contribution in [3.63, 3.8) is 0 Å². The first-order chi connectivity index (χ1) is 16.3. The summed E-state index contributed by atoms with van der Waals surface area (Å²) in [7, 11) is 0. The predicted molar refractivity (Wildman–Crippen MR) is 147 cm³/mol. The van der Waals surface area contributed by atoms with Crippen molar-refractivity contribution in [3.05, 3.63) is 42.1 Å². The molecule has 0 aliphatic carbocycles. The van der Waals surface area contributed by atoms with Gasteiger partial charge in [0.1, 0.15) is 0 Å². The molecule has 0 bridgehead atoms. The topological polar surface area (TPSA) is 24.7 Å². The Morgan fingerprint density at radius 3 is 1.61 bits per heavy atom. The van der Waals surface area contributed by atoms with Gasteiger partial charge in [0, 0.05) is 0 Å². The molecule has 0 aromatic heterocycles. The molecule has 1 aromatic carbocycles. The van der Waals surface area contributed by atoms with Crippen molar-refractivity contribution in [2.45, 2.75) is 129 Å². The number of benzene rings is 1. The minimum Gasteiger partial charge on any atom is -0.0965 e. The highest BCUT2D eigenvalue weighted by atomic mass is 15.0. The number of unbranched alkanes of at least 4 members (excludes halogenated alkanes) is 14. The van der Waals surface area contributed by atoms with Gasteiger partial charge in [-0.1, -0.05) is 150 Å². The zero-order valence-electron chi connectivity index (χ0n) is 21.8. The molecule has 1 heterocycles. The second kappa shape index (κ2) is 18.8. The van der Waals surface area contributed by atoms with Gasteiger partial charge in [-0.25, -0.2) is 0 Å². The van der Waals surface area contributed by atoms with Crippen LogP contribution in [0.15, 0.2) is 40.3 Å².